The fourth-order valence-corrected chi connectivity index (χ4v) is 6.70. The van der Waals surface area contributed by atoms with Crippen LogP contribution in [0.3, 0.4) is 0 Å². The normalized spacial score (nSPS) is 12.0. The summed E-state index contributed by atoms with van der Waals surface area (Å²) in [5, 5.41) is 31.8. The Bertz CT molecular complexity index is 740. The first-order valence-corrected chi connectivity index (χ1v) is 10.6. The van der Waals surface area contributed by atoms with Crippen molar-refractivity contribution in [3.63, 3.8) is 0 Å². The number of hydrogen-bond donors (Lipinski definition) is 5. The van der Waals surface area contributed by atoms with Crippen molar-refractivity contribution in [2.45, 2.75) is 19.1 Å². The maximum atomic E-state index is 12.6. The van der Waals surface area contributed by atoms with E-state index < -0.39 is 42.4 Å². The number of anilines is 1. The van der Waals surface area contributed by atoms with Gasteiger partial charge in [0, 0.05) is 3.57 Å². The van der Waals surface area contributed by atoms with Crippen LogP contribution in [0, 0.1) is 10.7 Å². The van der Waals surface area contributed by atoms with E-state index in [9.17, 15) is 19.5 Å². The number of carbonyl (C=O) groups excluding carboxylic acids is 3. The highest BCUT2D eigenvalue weighted by Crippen LogP contribution is 2.36. The zero-order valence-electron chi connectivity index (χ0n) is 13.1. The van der Waals surface area contributed by atoms with Crippen molar-refractivity contribution in [3.8, 4) is 0 Å². The second kappa shape index (κ2) is 10.7. The maximum Gasteiger partial charge on any atom is 0.254 e. The zero-order chi connectivity index (χ0) is 20.2. The van der Waals surface area contributed by atoms with Crippen LogP contribution in [-0.2, 0) is 4.79 Å². The maximum absolute atomic E-state index is 12.6. The summed E-state index contributed by atoms with van der Waals surface area (Å²) in [5.41, 5.74) is 0.253. The molecule has 12 heteroatoms. The van der Waals surface area contributed by atoms with Gasteiger partial charge >= 0.3 is 0 Å². The zero-order valence-corrected chi connectivity index (χ0v) is 20.4. The van der Waals surface area contributed by atoms with Crippen LogP contribution in [-0.4, -0.2) is 57.7 Å². The van der Waals surface area contributed by atoms with Crippen molar-refractivity contribution < 1.29 is 29.7 Å². The van der Waals surface area contributed by atoms with Gasteiger partial charge in [-0.25, -0.2) is 0 Å². The van der Waals surface area contributed by atoms with E-state index in [0.29, 0.717) is 7.14 Å². The molecule has 144 valence electrons. The largest absolute Gasteiger partial charge is 0.394 e. The van der Waals surface area contributed by atoms with Crippen LogP contribution in [0.4, 0.5) is 5.69 Å². The molecule has 0 aliphatic rings. The second-order valence-corrected chi connectivity index (χ2v) is 8.62. The molecule has 0 heterocycles. The average Bonchev–Trinajstić information content (AvgIpc) is 2.55. The number of hydrogen-bond acceptors (Lipinski definition) is 6. The molecule has 1 atom stereocenters. The third-order valence-corrected chi connectivity index (χ3v) is 6.57. The first kappa shape index (κ1) is 24.2. The Hall–Kier alpha value is 0.190. The van der Waals surface area contributed by atoms with Crippen LogP contribution in [0.15, 0.2) is 0 Å². The molecule has 8 nitrogen and oxygen atoms in total. The first-order chi connectivity index (χ1) is 12.1. The molecule has 0 saturated heterocycles. The number of amides is 2. The molecule has 0 bridgehead atoms. The van der Waals surface area contributed by atoms with Crippen molar-refractivity contribution >= 4 is 102 Å². The molecule has 0 unspecified atom stereocenters. The Morgan fingerprint density at radius 3 is 1.96 bits per heavy atom. The SMILES string of the molecule is C[C@H](O)C(=O)Nc1c(I)c(C(=O)Cl)c(I)c(C(=O)NC(CO)CO)c1I. The topological polar surface area (TPSA) is 136 Å². The van der Waals surface area contributed by atoms with Crippen molar-refractivity contribution in [2.24, 2.45) is 0 Å². The summed E-state index contributed by atoms with van der Waals surface area (Å²) in [6.45, 7) is 0.315. The Morgan fingerprint density at radius 2 is 1.54 bits per heavy atom. The number of aliphatic hydroxyl groups excluding tert-OH is 3. The fraction of sp³-hybridized carbons (Fsp3) is 0.357. The molecule has 0 aromatic heterocycles. The van der Waals surface area contributed by atoms with Crippen LogP contribution in [0.25, 0.3) is 0 Å². The molecular weight excluding hydrogens is 708 g/mol. The standard InChI is InChI=1S/C14H14ClI3N2O6/c1-4(23)13(25)20-11-9(17)6(12(15)24)8(16)7(10(11)18)14(26)19-5(2-21)3-22/h4-5,21-23H,2-3H2,1H3,(H,19,26)(H,20,25)/t4-/m0/s1. The predicted octanol–water partition coefficient (Wildman–Crippen LogP) is 1.28. The first-order valence-electron chi connectivity index (χ1n) is 6.98. The summed E-state index contributed by atoms with van der Waals surface area (Å²) >= 11 is 11.1. The Kier molecular flexibility index (Phi) is 9.93. The van der Waals surface area contributed by atoms with Gasteiger partial charge in [-0.3, -0.25) is 14.4 Å². The highest BCUT2D eigenvalue weighted by molar-refractivity contribution is 14.1. The molecule has 1 aromatic carbocycles. The van der Waals surface area contributed by atoms with Crippen LogP contribution in [0.1, 0.15) is 27.6 Å². The minimum Gasteiger partial charge on any atom is -0.394 e. The van der Waals surface area contributed by atoms with Crippen LogP contribution in [0.5, 0.6) is 0 Å². The van der Waals surface area contributed by atoms with E-state index in [1.165, 1.54) is 6.92 Å². The van der Waals surface area contributed by atoms with Gasteiger partial charge in [0.05, 0.1) is 43.2 Å². The van der Waals surface area contributed by atoms with E-state index in [4.69, 9.17) is 21.8 Å². The van der Waals surface area contributed by atoms with Crippen LogP contribution >= 0.6 is 79.4 Å². The van der Waals surface area contributed by atoms with E-state index in [0.717, 1.165) is 0 Å². The number of nitrogens with one attached hydrogen (secondary N) is 2. The average molecular weight is 722 g/mol. The van der Waals surface area contributed by atoms with E-state index in [-0.39, 0.29) is 20.4 Å². The number of rotatable bonds is 7. The van der Waals surface area contributed by atoms with Gasteiger partial charge in [0.2, 0.25) is 0 Å². The van der Waals surface area contributed by atoms with Crippen LogP contribution < -0.4 is 10.6 Å². The quantitative estimate of drug-likeness (QED) is 0.213. The number of aliphatic hydroxyl groups is 3. The summed E-state index contributed by atoms with van der Waals surface area (Å²) in [5.74, 6) is -1.38. The van der Waals surface area contributed by atoms with Crippen molar-refractivity contribution in [1.82, 2.24) is 5.32 Å². The van der Waals surface area contributed by atoms with Gasteiger partial charge in [-0.2, -0.15) is 0 Å². The van der Waals surface area contributed by atoms with E-state index in [1.807, 2.05) is 45.2 Å². The lowest BCUT2D eigenvalue weighted by Gasteiger charge is -2.20. The molecule has 1 rings (SSSR count). The summed E-state index contributed by atoms with van der Waals surface area (Å²) in [6, 6.07) is -0.890. The number of carbonyl (C=O) groups is 3. The van der Waals surface area contributed by atoms with Crippen molar-refractivity contribution in [3.05, 3.63) is 21.8 Å². The summed E-state index contributed by atoms with van der Waals surface area (Å²) in [4.78, 5) is 36.3. The minimum absolute atomic E-state index is 0.0314. The van der Waals surface area contributed by atoms with E-state index >= 15 is 0 Å². The Labute approximate surface area is 194 Å². The third-order valence-electron chi connectivity index (χ3n) is 3.14. The molecule has 0 aliphatic heterocycles. The second-order valence-electron chi connectivity index (χ2n) is 5.04. The lowest BCUT2D eigenvalue weighted by molar-refractivity contribution is -0.123. The number of halogens is 4. The highest BCUT2D eigenvalue weighted by Gasteiger charge is 2.29. The summed E-state index contributed by atoms with van der Waals surface area (Å²) in [7, 11) is 0. The molecule has 0 spiro atoms. The molecule has 0 saturated carbocycles. The van der Waals surface area contributed by atoms with Gasteiger partial charge < -0.3 is 26.0 Å². The lowest BCUT2D eigenvalue weighted by Crippen LogP contribution is -2.41. The van der Waals surface area contributed by atoms with Gasteiger partial charge in [0.25, 0.3) is 17.1 Å². The monoisotopic (exact) mass is 722 g/mol. The predicted molar refractivity (Wildman–Crippen MR) is 121 cm³/mol. The third kappa shape index (κ3) is 5.60. The molecule has 5 N–H and O–H groups in total. The molecule has 0 fully saturated rings. The molecule has 0 radical (unpaired) electrons. The molecule has 0 aliphatic carbocycles. The van der Waals surface area contributed by atoms with Crippen molar-refractivity contribution in [2.75, 3.05) is 18.5 Å². The van der Waals surface area contributed by atoms with Crippen LogP contribution in [0.2, 0.25) is 0 Å². The molecular formula is C14H14ClI3N2O6. The lowest BCUT2D eigenvalue weighted by atomic mass is 10.1. The molecule has 1 aromatic rings. The Balaban J connectivity index is 3.59. The highest BCUT2D eigenvalue weighted by atomic mass is 127. The fourth-order valence-electron chi connectivity index (χ4n) is 1.78. The van der Waals surface area contributed by atoms with E-state index in [1.54, 1.807) is 22.6 Å². The number of benzene rings is 1. The van der Waals surface area contributed by atoms with Gasteiger partial charge in [-0.05, 0) is 86.3 Å². The summed E-state index contributed by atoms with van der Waals surface area (Å²) in [6.07, 6.45) is -1.30. The van der Waals surface area contributed by atoms with Crippen molar-refractivity contribution in [1.29, 1.82) is 0 Å². The van der Waals surface area contributed by atoms with E-state index in [2.05, 4.69) is 10.6 Å². The molecule has 26 heavy (non-hydrogen) atoms. The van der Waals surface area contributed by atoms with Gasteiger partial charge in [0.1, 0.15) is 6.10 Å². The van der Waals surface area contributed by atoms with Gasteiger partial charge in [-0.15, -0.1) is 0 Å². The molecule has 2 amide bonds. The smallest absolute Gasteiger partial charge is 0.254 e. The Morgan fingerprint density at radius 1 is 1.04 bits per heavy atom. The van der Waals surface area contributed by atoms with Gasteiger partial charge in [0.15, 0.2) is 0 Å². The minimum atomic E-state index is -1.30. The summed E-state index contributed by atoms with van der Waals surface area (Å²) < 4.78 is 0.903. The van der Waals surface area contributed by atoms with Gasteiger partial charge in [-0.1, -0.05) is 0 Å².